The van der Waals surface area contributed by atoms with Gasteiger partial charge in [-0.1, -0.05) is 11.8 Å². The van der Waals surface area contributed by atoms with Crippen molar-refractivity contribution in [3.63, 3.8) is 0 Å². The lowest BCUT2D eigenvalue weighted by molar-refractivity contribution is -0.124. The molecule has 154 valence electrons. The zero-order valence-corrected chi connectivity index (χ0v) is 16.5. The van der Waals surface area contributed by atoms with Crippen LogP contribution in [0.5, 0.6) is 0 Å². The van der Waals surface area contributed by atoms with Crippen LogP contribution in [0.2, 0.25) is 0 Å². The Morgan fingerprint density at radius 2 is 1.86 bits per heavy atom. The van der Waals surface area contributed by atoms with Gasteiger partial charge in [0.05, 0.1) is 16.9 Å². The van der Waals surface area contributed by atoms with Crippen LogP contribution in [0.15, 0.2) is 18.2 Å². The van der Waals surface area contributed by atoms with Crippen LogP contribution in [0.4, 0.5) is 15.3 Å². The summed E-state index contributed by atoms with van der Waals surface area (Å²) in [6.45, 7) is 0.883. The van der Waals surface area contributed by atoms with E-state index in [-0.39, 0.29) is 48.0 Å². The molecule has 0 saturated carbocycles. The van der Waals surface area contributed by atoms with Crippen molar-refractivity contribution in [1.29, 1.82) is 0 Å². The molecular formula is C18H20N4O6S. The fourth-order valence-electron chi connectivity index (χ4n) is 2.99. The van der Waals surface area contributed by atoms with Gasteiger partial charge in [-0.05, 0) is 24.6 Å². The van der Waals surface area contributed by atoms with E-state index in [2.05, 4.69) is 10.6 Å². The van der Waals surface area contributed by atoms with Gasteiger partial charge in [0.1, 0.15) is 0 Å². The van der Waals surface area contributed by atoms with E-state index in [1.165, 1.54) is 18.2 Å². The molecule has 0 aromatic heterocycles. The molecule has 2 N–H and O–H groups in total. The Morgan fingerprint density at radius 3 is 2.55 bits per heavy atom. The van der Waals surface area contributed by atoms with Gasteiger partial charge in [-0.2, -0.15) is 0 Å². The zero-order valence-electron chi connectivity index (χ0n) is 15.7. The van der Waals surface area contributed by atoms with Crippen LogP contribution in [0.3, 0.4) is 0 Å². The highest BCUT2D eigenvalue weighted by Crippen LogP contribution is 2.26. The summed E-state index contributed by atoms with van der Waals surface area (Å²) in [6.07, 6.45) is 0.538. The Morgan fingerprint density at radius 1 is 1.10 bits per heavy atom. The molecule has 11 heteroatoms. The summed E-state index contributed by atoms with van der Waals surface area (Å²) >= 11 is 0.932. The number of fused-ring (bicyclic) bond motifs is 1. The number of hydrogen-bond acceptors (Lipinski definition) is 7. The highest BCUT2D eigenvalue weighted by molar-refractivity contribution is 8.14. The Labute approximate surface area is 170 Å². The van der Waals surface area contributed by atoms with Crippen LogP contribution < -0.4 is 10.6 Å². The van der Waals surface area contributed by atoms with Crippen molar-refractivity contribution in [3.05, 3.63) is 29.3 Å². The number of ether oxygens (including phenoxy) is 1. The van der Waals surface area contributed by atoms with Gasteiger partial charge in [-0.25, -0.2) is 4.79 Å². The Bertz CT molecular complexity index is 858. The van der Waals surface area contributed by atoms with E-state index in [9.17, 15) is 24.0 Å². The first-order valence-electron chi connectivity index (χ1n) is 8.93. The maximum Gasteiger partial charge on any atom is 0.319 e. The lowest BCUT2D eigenvalue weighted by atomic mass is 10.1. The number of amides is 6. The quantitative estimate of drug-likeness (QED) is 0.477. The van der Waals surface area contributed by atoms with Crippen molar-refractivity contribution in [2.45, 2.75) is 6.42 Å². The highest BCUT2D eigenvalue weighted by Gasteiger charge is 2.35. The maximum atomic E-state index is 12.5. The number of nitrogens with zero attached hydrogens (tertiary/aromatic N) is 2. The summed E-state index contributed by atoms with van der Waals surface area (Å²) in [5.74, 6) is -0.933. The van der Waals surface area contributed by atoms with E-state index in [0.29, 0.717) is 24.3 Å². The molecule has 29 heavy (non-hydrogen) atoms. The van der Waals surface area contributed by atoms with Gasteiger partial charge < -0.3 is 15.4 Å². The summed E-state index contributed by atoms with van der Waals surface area (Å²) in [5, 5.41) is 4.80. The summed E-state index contributed by atoms with van der Waals surface area (Å²) in [7, 11) is 1.55. The van der Waals surface area contributed by atoms with Crippen LogP contribution in [0, 0.1) is 0 Å². The minimum Gasteiger partial charge on any atom is -0.385 e. The normalized spacial score (nSPS) is 15.9. The van der Waals surface area contributed by atoms with E-state index >= 15 is 0 Å². The summed E-state index contributed by atoms with van der Waals surface area (Å²) in [4.78, 5) is 62.1. The third-order valence-electron chi connectivity index (χ3n) is 4.42. The monoisotopic (exact) mass is 420 g/mol. The van der Waals surface area contributed by atoms with E-state index in [1.807, 2.05) is 0 Å². The second-order valence-electron chi connectivity index (χ2n) is 6.35. The fourth-order valence-corrected chi connectivity index (χ4v) is 3.74. The van der Waals surface area contributed by atoms with Crippen molar-refractivity contribution in [2.24, 2.45) is 0 Å². The number of nitrogens with one attached hydrogen (secondary N) is 2. The minimum absolute atomic E-state index is 0.0890. The molecule has 0 aliphatic carbocycles. The van der Waals surface area contributed by atoms with E-state index < -0.39 is 11.9 Å². The average Bonchev–Trinajstić information content (AvgIpc) is 3.13. The van der Waals surface area contributed by atoms with E-state index in [0.717, 1.165) is 21.6 Å². The molecule has 1 aromatic rings. The molecule has 1 fully saturated rings. The average molecular weight is 420 g/mol. The largest absolute Gasteiger partial charge is 0.385 e. The van der Waals surface area contributed by atoms with Gasteiger partial charge in [-0.3, -0.25) is 29.0 Å². The van der Waals surface area contributed by atoms with Crippen molar-refractivity contribution in [3.8, 4) is 0 Å². The number of imide groups is 2. The van der Waals surface area contributed by atoms with Crippen LogP contribution >= 0.6 is 11.8 Å². The molecule has 2 aliphatic heterocycles. The van der Waals surface area contributed by atoms with Gasteiger partial charge in [0.15, 0.2) is 0 Å². The van der Waals surface area contributed by atoms with Crippen LogP contribution in [0.25, 0.3) is 0 Å². The lowest BCUT2D eigenvalue weighted by Gasteiger charge is -2.13. The standard InChI is InChI=1S/C18H20N4O6S/c1-28-8-2-6-22-15(24)12-4-3-11(9-13(12)16(22)25)20-17(26)19-5-7-21-14(23)10-29-18(21)27/h3-4,9H,2,5-8,10H2,1H3,(H2,19,20,26). The third-order valence-corrected chi connectivity index (χ3v) is 5.28. The SMILES string of the molecule is COCCCN1C(=O)c2ccc(NC(=O)NCCN3C(=O)CSC3=O)cc2C1=O. The minimum atomic E-state index is -0.551. The maximum absolute atomic E-state index is 12.5. The number of carbonyl (C=O) groups excluding carboxylic acids is 5. The molecule has 6 amide bonds. The number of benzene rings is 1. The molecule has 1 aromatic carbocycles. The number of carbonyl (C=O) groups is 5. The third kappa shape index (κ3) is 4.57. The van der Waals surface area contributed by atoms with Gasteiger partial charge in [0.2, 0.25) is 5.91 Å². The number of rotatable bonds is 8. The molecule has 0 spiro atoms. The lowest BCUT2D eigenvalue weighted by Crippen LogP contribution is -2.39. The zero-order chi connectivity index (χ0) is 21.0. The Balaban J connectivity index is 1.55. The molecule has 2 aliphatic rings. The highest BCUT2D eigenvalue weighted by atomic mass is 32.2. The molecule has 2 heterocycles. The fraction of sp³-hybridized carbons (Fsp3) is 0.389. The Hall–Kier alpha value is -2.92. The smallest absolute Gasteiger partial charge is 0.319 e. The van der Waals surface area contributed by atoms with Crippen LogP contribution in [-0.2, 0) is 9.53 Å². The van der Waals surface area contributed by atoms with Crippen molar-refractivity contribution in [2.75, 3.05) is 44.4 Å². The number of thioether (sulfide) groups is 1. The second kappa shape index (κ2) is 9.05. The van der Waals surface area contributed by atoms with Gasteiger partial charge in [0.25, 0.3) is 17.1 Å². The molecular weight excluding hydrogens is 400 g/mol. The molecule has 0 radical (unpaired) electrons. The van der Waals surface area contributed by atoms with Crippen molar-refractivity contribution < 1.29 is 28.7 Å². The summed E-state index contributed by atoms with van der Waals surface area (Å²) < 4.78 is 4.94. The molecule has 0 unspecified atom stereocenters. The summed E-state index contributed by atoms with van der Waals surface area (Å²) in [5.41, 5.74) is 0.877. The number of methoxy groups -OCH3 is 1. The molecule has 10 nitrogen and oxygen atoms in total. The van der Waals surface area contributed by atoms with Crippen LogP contribution in [0.1, 0.15) is 27.1 Å². The van der Waals surface area contributed by atoms with Gasteiger partial charge in [0, 0.05) is 39.0 Å². The summed E-state index contributed by atoms with van der Waals surface area (Å²) in [6, 6.07) is 3.94. The first-order chi connectivity index (χ1) is 13.9. The topological polar surface area (TPSA) is 125 Å². The molecule has 0 atom stereocenters. The van der Waals surface area contributed by atoms with E-state index in [4.69, 9.17) is 4.74 Å². The number of anilines is 1. The predicted octanol–water partition coefficient (Wildman–Crippen LogP) is 1.14. The second-order valence-corrected chi connectivity index (χ2v) is 7.28. The van der Waals surface area contributed by atoms with Gasteiger partial charge in [-0.15, -0.1) is 0 Å². The Kier molecular flexibility index (Phi) is 6.49. The molecule has 1 saturated heterocycles. The van der Waals surface area contributed by atoms with Gasteiger partial charge >= 0.3 is 6.03 Å². The number of hydrogen-bond donors (Lipinski definition) is 2. The first-order valence-corrected chi connectivity index (χ1v) is 9.92. The van der Waals surface area contributed by atoms with E-state index in [1.54, 1.807) is 7.11 Å². The first kappa shape index (κ1) is 20.8. The van der Waals surface area contributed by atoms with Crippen LogP contribution in [-0.4, -0.2) is 77.9 Å². The van der Waals surface area contributed by atoms with Crippen molar-refractivity contribution >= 4 is 46.4 Å². The predicted molar refractivity (Wildman–Crippen MR) is 105 cm³/mol. The number of urea groups is 1. The van der Waals surface area contributed by atoms with Crippen molar-refractivity contribution in [1.82, 2.24) is 15.1 Å². The molecule has 3 rings (SSSR count). The molecule has 0 bridgehead atoms.